The van der Waals surface area contributed by atoms with Gasteiger partial charge in [0, 0.05) is 6.42 Å². The molecule has 0 saturated heterocycles. The maximum Gasteiger partial charge on any atom is 0.328 e. The summed E-state index contributed by atoms with van der Waals surface area (Å²) in [5, 5.41) is 10.6. The van der Waals surface area contributed by atoms with Crippen molar-refractivity contribution in [1.82, 2.24) is 5.32 Å². The quantitative estimate of drug-likeness (QED) is 0.711. The van der Waals surface area contributed by atoms with Gasteiger partial charge in [0.15, 0.2) is 17.6 Å². The van der Waals surface area contributed by atoms with Crippen molar-refractivity contribution < 1.29 is 28.2 Å². The van der Waals surface area contributed by atoms with Crippen molar-refractivity contribution in [2.24, 2.45) is 0 Å². The topological polar surface area (TPSA) is 75.6 Å². The SMILES string of the molecule is O=C(CCCOc1ccccc1F)NC(CF)C(=O)O. The van der Waals surface area contributed by atoms with Crippen molar-refractivity contribution >= 4 is 11.9 Å². The summed E-state index contributed by atoms with van der Waals surface area (Å²) in [7, 11) is 0. The molecule has 5 nitrogen and oxygen atoms in total. The summed E-state index contributed by atoms with van der Waals surface area (Å²) in [6.45, 7) is -1.07. The minimum atomic E-state index is -1.53. The fraction of sp³-hybridized carbons (Fsp3) is 0.385. The number of rotatable bonds is 8. The van der Waals surface area contributed by atoms with Gasteiger partial charge in [-0.3, -0.25) is 4.79 Å². The summed E-state index contributed by atoms with van der Waals surface area (Å²) in [5.74, 6) is -2.43. The van der Waals surface area contributed by atoms with E-state index in [4.69, 9.17) is 9.84 Å². The van der Waals surface area contributed by atoms with Gasteiger partial charge in [0.2, 0.25) is 5.91 Å². The maximum atomic E-state index is 13.2. The first-order valence-electron chi connectivity index (χ1n) is 6.00. The smallest absolute Gasteiger partial charge is 0.328 e. The summed E-state index contributed by atoms with van der Waals surface area (Å²) in [6.07, 6.45) is 0.233. The number of hydrogen-bond acceptors (Lipinski definition) is 3. The summed E-state index contributed by atoms with van der Waals surface area (Å²) in [6, 6.07) is 4.32. The summed E-state index contributed by atoms with van der Waals surface area (Å²) in [5.41, 5.74) is 0. The van der Waals surface area contributed by atoms with Crippen LogP contribution in [0.2, 0.25) is 0 Å². The highest BCUT2D eigenvalue weighted by molar-refractivity contribution is 5.83. The Hall–Kier alpha value is -2.18. The van der Waals surface area contributed by atoms with E-state index >= 15 is 0 Å². The number of hydrogen-bond donors (Lipinski definition) is 2. The number of carbonyl (C=O) groups excluding carboxylic acids is 1. The lowest BCUT2D eigenvalue weighted by Gasteiger charge is -2.11. The van der Waals surface area contributed by atoms with Crippen LogP contribution >= 0.6 is 0 Å². The second-order valence-corrected chi connectivity index (χ2v) is 4.00. The zero-order valence-electron chi connectivity index (χ0n) is 10.6. The van der Waals surface area contributed by atoms with Crippen molar-refractivity contribution in [2.75, 3.05) is 13.3 Å². The van der Waals surface area contributed by atoms with E-state index in [9.17, 15) is 18.4 Å². The van der Waals surface area contributed by atoms with Crippen molar-refractivity contribution in [3.63, 3.8) is 0 Å². The Kier molecular flexibility index (Phi) is 6.42. The van der Waals surface area contributed by atoms with E-state index in [2.05, 4.69) is 0 Å². The molecule has 7 heteroatoms. The third kappa shape index (κ3) is 5.21. The highest BCUT2D eigenvalue weighted by atomic mass is 19.1. The van der Waals surface area contributed by atoms with Gasteiger partial charge in [0.1, 0.15) is 6.67 Å². The van der Waals surface area contributed by atoms with Crippen LogP contribution in [-0.4, -0.2) is 36.3 Å². The number of aliphatic carboxylic acids is 1. The molecule has 110 valence electrons. The van der Waals surface area contributed by atoms with E-state index < -0.39 is 30.4 Å². The number of carboxylic acids is 1. The van der Waals surface area contributed by atoms with Crippen molar-refractivity contribution in [2.45, 2.75) is 18.9 Å². The molecule has 0 aliphatic heterocycles. The normalized spacial score (nSPS) is 11.7. The Balaban J connectivity index is 2.26. The number of para-hydroxylation sites is 1. The van der Waals surface area contributed by atoms with E-state index in [-0.39, 0.29) is 25.2 Å². The van der Waals surface area contributed by atoms with Crippen LogP contribution in [0.25, 0.3) is 0 Å². The fourth-order valence-corrected chi connectivity index (χ4v) is 1.41. The van der Waals surface area contributed by atoms with Gasteiger partial charge in [0.05, 0.1) is 6.61 Å². The zero-order valence-corrected chi connectivity index (χ0v) is 10.6. The summed E-state index contributed by atoms with van der Waals surface area (Å²) in [4.78, 5) is 21.8. The number of ether oxygens (including phenoxy) is 1. The van der Waals surface area contributed by atoms with Crippen LogP contribution in [0.5, 0.6) is 5.75 Å². The lowest BCUT2D eigenvalue weighted by Crippen LogP contribution is -2.42. The van der Waals surface area contributed by atoms with E-state index in [1.807, 2.05) is 5.32 Å². The van der Waals surface area contributed by atoms with Crippen LogP contribution in [0.4, 0.5) is 8.78 Å². The predicted molar refractivity (Wildman–Crippen MR) is 66.7 cm³/mol. The number of amides is 1. The van der Waals surface area contributed by atoms with Crippen LogP contribution in [0, 0.1) is 5.82 Å². The summed E-state index contributed by atoms with van der Waals surface area (Å²) < 4.78 is 30.6. The average molecular weight is 287 g/mol. The van der Waals surface area contributed by atoms with Crippen LogP contribution in [0.1, 0.15) is 12.8 Å². The van der Waals surface area contributed by atoms with Crippen LogP contribution in [0.15, 0.2) is 24.3 Å². The van der Waals surface area contributed by atoms with Gasteiger partial charge in [-0.2, -0.15) is 0 Å². The van der Waals surface area contributed by atoms with Gasteiger partial charge in [-0.15, -0.1) is 0 Å². The van der Waals surface area contributed by atoms with Gasteiger partial charge < -0.3 is 15.2 Å². The number of carboxylic acid groups (broad SMARTS) is 1. The molecular weight excluding hydrogens is 272 g/mol. The zero-order chi connectivity index (χ0) is 15.0. The van der Waals surface area contributed by atoms with Gasteiger partial charge in [-0.25, -0.2) is 13.6 Å². The first-order chi connectivity index (χ1) is 9.54. The van der Waals surface area contributed by atoms with E-state index in [1.165, 1.54) is 18.2 Å². The van der Waals surface area contributed by atoms with Crippen LogP contribution < -0.4 is 10.1 Å². The second-order valence-electron chi connectivity index (χ2n) is 4.00. The molecule has 2 N–H and O–H groups in total. The first kappa shape index (κ1) is 15.9. The molecule has 20 heavy (non-hydrogen) atoms. The molecule has 1 aromatic carbocycles. The van der Waals surface area contributed by atoms with Gasteiger partial charge in [-0.1, -0.05) is 12.1 Å². The number of benzene rings is 1. The number of alkyl halides is 1. The molecular formula is C13H15F2NO4. The fourth-order valence-electron chi connectivity index (χ4n) is 1.41. The van der Waals surface area contributed by atoms with Crippen molar-refractivity contribution in [3.05, 3.63) is 30.1 Å². The van der Waals surface area contributed by atoms with E-state index in [1.54, 1.807) is 6.07 Å². The molecule has 0 saturated carbocycles. The van der Waals surface area contributed by atoms with E-state index in [0.29, 0.717) is 0 Å². The van der Waals surface area contributed by atoms with Crippen molar-refractivity contribution in [3.8, 4) is 5.75 Å². The Bertz CT molecular complexity index is 467. The standard InChI is InChI=1S/C13H15F2NO4/c14-8-10(13(18)19)16-12(17)6-3-7-20-11-5-2-1-4-9(11)15/h1-2,4-5,10H,3,6-8H2,(H,16,17)(H,18,19). The Morgan fingerprint density at radius 2 is 2.05 bits per heavy atom. The predicted octanol–water partition coefficient (Wildman–Crippen LogP) is 1.52. The van der Waals surface area contributed by atoms with Crippen molar-refractivity contribution in [1.29, 1.82) is 0 Å². The molecule has 0 radical (unpaired) electrons. The molecule has 0 spiro atoms. The van der Waals surface area contributed by atoms with Crippen LogP contribution in [0.3, 0.4) is 0 Å². The third-order valence-electron chi connectivity index (χ3n) is 2.43. The largest absolute Gasteiger partial charge is 0.491 e. The molecule has 0 fully saturated rings. The van der Waals surface area contributed by atoms with E-state index in [0.717, 1.165) is 0 Å². The van der Waals surface area contributed by atoms with Gasteiger partial charge >= 0.3 is 5.97 Å². The molecule has 0 aliphatic rings. The van der Waals surface area contributed by atoms with Crippen LogP contribution in [-0.2, 0) is 9.59 Å². The third-order valence-corrected chi connectivity index (χ3v) is 2.43. The molecule has 1 unspecified atom stereocenters. The highest BCUT2D eigenvalue weighted by Gasteiger charge is 2.19. The molecule has 1 amide bonds. The second kappa shape index (κ2) is 8.08. The minimum absolute atomic E-state index is 0.0295. The average Bonchev–Trinajstić information content (AvgIpc) is 2.42. The maximum absolute atomic E-state index is 13.2. The Morgan fingerprint density at radius 1 is 1.35 bits per heavy atom. The Morgan fingerprint density at radius 3 is 2.65 bits per heavy atom. The number of halogens is 2. The highest BCUT2D eigenvalue weighted by Crippen LogP contribution is 2.15. The first-order valence-corrected chi connectivity index (χ1v) is 6.00. The molecule has 1 aromatic rings. The monoisotopic (exact) mass is 287 g/mol. The number of nitrogens with one attached hydrogen (secondary N) is 1. The molecule has 0 bridgehead atoms. The molecule has 0 aliphatic carbocycles. The molecule has 1 rings (SSSR count). The minimum Gasteiger partial charge on any atom is -0.491 e. The molecule has 0 aromatic heterocycles. The number of carbonyl (C=O) groups is 2. The lowest BCUT2D eigenvalue weighted by molar-refractivity contribution is -0.142. The Labute approximate surface area is 114 Å². The van der Waals surface area contributed by atoms with Gasteiger partial charge in [0.25, 0.3) is 0 Å². The summed E-state index contributed by atoms with van der Waals surface area (Å²) >= 11 is 0. The molecule has 0 heterocycles. The lowest BCUT2D eigenvalue weighted by atomic mass is 10.2. The molecule has 1 atom stereocenters. The van der Waals surface area contributed by atoms with Gasteiger partial charge in [-0.05, 0) is 18.6 Å².